The number of hydrogen-bond acceptors (Lipinski definition) is 4. The third kappa shape index (κ3) is 4.92. The average Bonchev–Trinajstić information content (AvgIpc) is 2.59. The molecule has 2 aromatic heterocycles. The van der Waals surface area contributed by atoms with Gasteiger partial charge >= 0.3 is 0 Å². The molecule has 1 amide bonds. The topological polar surface area (TPSA) is 73.2 Å². The molecule has 0 fully saturated rings. The molecule has 0 aliphatic carbocycles. The van der Waals surface area contributed by atoms with Crippen LogP contribution in [-0.4, -0.2) is 22.6 Å². The van der Waals surface area contributed by atoms with Crippen LogP contribution in [0.15, 0.2) is 35.4 Å². The highest BCUT2D eigenvalue weighted by Crippen LogP contribution is 2.08. The van der Waals surface area contributed by atoms with E-state index >= 15 is 0 Å². The number of methoxy groups -OCH3 is 1. The summed E-state index contributed by atoms with van der Waals surface area (Å²) in [7, 11) is 1.55. The van der Waals surface area contributed by atoms with Crippen LogP contribution in [0.25, 0.3) is 0 Å². The summed E-state index contributed by atoms with van der Waals surface area (Å²) in [6.45, 7) is 6.90. The van der Waals surface area contributed by atoms with Gasteiger partial charge in [0, 0.05) is 31.5 Å². The van der Waals surface area contributed by atoms with Gasteiger partial charge < -0.3 is 14.6 Å². The average molecular weight is 343 g/mol. The van der Waals surface area contributed by atoms with Gasteiger partial charge in [0.15, 0.2) is 0 Å². The molecule has 25 heavy (non-hydrogen) atoms. The lowest BCUT2D eigenvalue weighted by atomic mass is 10.1. The highest BCUT2D eigenvalue weighted by atomic mass is 16.5. The summed E-state index contributed by atoms with van der Waals surface area (Å²) < 4.78 is 6.61. The van der Waals surface area contributed by atoms with Crippen molar-refractivity contribution in [2.24, 2.45) is 5.92 Å². The Morgan fingerprint density at radius 1 is 1.32 bits per heavy atom. The zero-order chi connectivity index (χ0) is 18.4. The molecule has 0 aliphatic rings. The van der Waals surface area contributed by atoms with Crippen molar-refractivity contribution in [3.63, 3.8) is 0 Å². The van der Waals surface area contributed by atoms with Crippen molar-refractivity contribution in [1.29, 1.82) is 0 Å². The first kappa shape index (κ1) is 18.7. The zero-order valence-corrected chi connectivity index (χ0v) is 15.2. The summed E-state index contributed by atoms with van der Waals surface area (Å²) in [5.74, 6) is 0.646. The highest BCUT2D eigenvalue weighted by molar-refractivity contribution is 5.95. The van der Waals surface area contributed by atoms with E-state index in [-0.39, 0.29) is 17.0 Å². The molecule has 0 bridgehead atoms. The fourth-order valence-electron chi connectivity index (χ4n) is 2.42. The van der Waals surface area contributed by atoms with E-state index in [0.29, 0.717) is 30.5 Å². The molecule has 6 heteroatoms. The van der Waals surface area contributed by atoms with Crippen LogP contribution < -0.4 is 15.6 Å². The van der Waals surface area contributed by atoms with E-state index in [1.807, 2.05) is 12.1 Å². The first-order valence-electron chi connectivity index (χ1n) is 8.39. The second-order valence-corrected chi connectivity index (χ2v) is 6.45. The molecule has 0 saturated heterocycles. The number of amides is 1. The maximum Gasteiger partial charge on any atom is 0.263 e. The molecular weight excluding hydrogens is 318 g/mol. The van der Waals surface area contributed by atoms with E-state index in [2.05, 4.69) is 24.1 Å². The summed E-state index contributed by atoms with van der Waals surface area (Å²) >= 11 is 0. The Morgan fingerprint density at radius 2 is 2.08 bits per heavy atom. The first-order valence-corrected chi connectivity index (χ1v) is 8.39. The second-order valence-electron chi connectivity index (χ2n) is 6.45. The smallest absolute Gasteiger partial charge is 0.263 e. The lowest BCUT2D eigenvalue weighted by molar-refractivity contribution is 0.0948. The number of rotatable bonds is 7. The van der Waals surface area contributed by atoms with Crippen LogP contribution in [0, 0.1) is 12.8 Å². The highest BCUT2D eigenvalue weighted by Gasteiger charge is 2.15. The largest absolute Gasteiger partial charge is 0.481 e. The Morgan fingerprint density at radius 3 is 2.68 bits per heavy atom. The molecule has 0 saturated carbocycles. The number of aromatic nitrogens is 2. The van der Waals surface area contributed by atoms with Crippen LogP contribution in [0.5, 0.6) is 5.88 Å². The van der Waals surface area contributed by atoms with E-state index in [1.54, 1.807) is 37.1 Å². The van der Waals surface area contributed by atoms with Crippen molar-refractivity contribution in [2.75, 3.05) is 7.11 Å². The summed E-state index contributed by atoms with van der Waals surface area (Å²) in [6, 6.07) is 5.37. The lowest BCUT2D eigenvalue weighted by Crippen LogP contribution is -2.34. The van der Waals surface area contributed by atoms with Crippen molar-refractivity contribution in [3.8, 4) is 5.88 Å². The molecule has 2 rings (SSSR count). The number of nitrogens with zero attached hydrogens (tertiary/aromatic N) is 2. The molecule has 0 atom stereocenters. The van der Waals surface area contributed by atoms with Crippen molar-refractivity contribution >= 4 is 5.91 Å². The molecule has 0 aromatic carbocycles. The third-order valence-electron chi connectivity index (χ3n) is 4.01. The molecule has 2 aromatic rings. The minimum absolute atomic E-state index is 0.202. The van der Waals surface area contributed by atoms with Gasteiger partial charge in [-0.15, -0.1) is 0 Å². The molecule has 0 spiro atoms. The summed E-state index contributed by atoms with van der Waals surface area (Å²) in [4.78, 5) is 29.2. The van der Waals surface area contributed by atoms with Crippen LogP contribution in [-0.2, 0) is 13.1 Å². The fraction of sp³-hybridized carbons (Fsp3) is 0.421. The Kier molecular flexibility index (Phi) is 6.33. The summed E-state index contributed by atoms with van der Waals surface area (Å²) in [6.07, 6.45) is 4.28. The Balaban J connectivity index is 2.12. The van der Waals surface area contributed by atoms with Crippen LogP contribution >= 0.6 is 0 Å². The third-order valence-corrected chi connectivity index (χ3v) is 4.01. The number of nitrogens with one attached hydrogen (secondary N) is 1. The van der Waals surface area contributed by atoms with E-state index < -0.39 is 0 Å². The molecule has 2 heterocycles. The minimum Gasteiger partial charge on any atom is -0.481 e. The van der Waals surface area contributed by atoms with Gasteiger partial charge in [-0.3, -0.25) is 9.59 Å². The van der Waals surface area contributed by atoms with Gasteiger partial charge in [-0.2, -0.15) is 0 Å². The molecule has 0 aliphatic heterocycles. The number of carbonyl (C=O) groups is 1. The molecule has 1 N–H and O–H groups in total. The van der Waals surface area contributed by atoms with Gasteiger partial charge in [-0.05, 0) is 36.5 Å². The van der Waals surface area contributed by atoms with Crippen molar-refractivity contribution < 1.29 is 9.53 Å². The van der Waals surface area contributed by atoms with Crippen molar-refractivity contribution in [1.82, 2.24) is 14.9 Å². The number of ether oxygens (including phenoxy) is 1. The van der Waals surface area contributed by atoms with E-state index in [9.17, 15) is 9.59 Å². The van der Waals surface area contributed by atoms with Gasteiger partial charge in [0.05, 0.1) is 7.11 Å². The molecule has 134 valence electrons. The maximum absolute atomic E-state index is 12.6. The Labute approximate surface area is 147 Å². The second kappa shape index (κ2) is 8.46. The predicted molar refractivity (Wildman–Crippen MR) is 96.9 cm³/mol. The van der Waals surface area contributed by atoms with Crippen LogP contribution in [0.4, 0.5) is 0 Å². The molecular formula is C19H25N3O3. The fourth-order valence-corrected chi connectivity index (χ4v) is 2.42. The zero-order valence-electron chi connectivity index (χ0n) is 15.2. The van der Waals surface area contributed by atoms with Crippen molar-refractivity contribution in [2.45, 2.75) is 40.3 Å². The quantitative estimate of drug-likeness (QED) is 0.838. The standard InChI is InChI=1S/C19H25N3O3/c1-13(2)7-9-22-10-8-14(3)17(19(22)24)18(23)21-12-15-5-6-16(25-4)20-11-15/h5-6,8,10-11,13H,7,9,12H2,1-4H3,(H,21,23). The van der Waals surface area contributed by atoms with Gasteiger partial charge in [0.25, 0.3) is 11.5 Å². The molecule has 0 radical (unpaired) electrons. The molecule has 6 nitrogen and oxygen atoms in total. The summed E-state index contributed by atoms with van der Waals surface area (Å²) in [5, 5.41) is 2.79. The summed E-state index contributed by atoms with van der Waals surface area (Å²) in [5.41, 5.74) is 1.47. The van der Waals surface area contributed by atoms with Gasteiger partial charge in [-0.1, -0.05) is 19.9 Å². The monoisotopic (exact) mass is 343 g/mol. The number of hydrogen-bond donors (Lipinski definition) is 1. The number of pyridine rings is 2. The van der Waals surface area contributed by atoms with Crippen LogP contribution in [0.1, 0.15) is 41.8 Å². The number of aryl methyl sites for hydroxylation is 2. The number of carbonyl (C=O) groups excluding carboxylic acids is 1. The first-order chi connectivity index (χ1) is 11.9. The Bertz CT molecular complexity index is 779. The lowest BCUT2D eigenvalue weighted by Gasteiger charge is -2.12. The van der Waals surface area contributed by atoms with Crippen molar-refractivity contribution in [3.05, 3.63) is 57.6 Å². The van der Waals surface area contributed by atoms with Gasteiger partial charge in [0.2, 0.25) is 5.88 Å². The maximum atomic E-state index is 12.6. The van der Waals surface area contributed by atoms with Crippen LogP contribution in [0.2, 0.25) is 0 Å². The Hall–Kier alpha value is -2.63. The van der Waals surface area contributed by atoms with Gasteiger partial charge in [-0.25, -0.2) is 4.98 Å². The van der Waals surface area contributed by atoms with Crippen LogP contribution in [0.3, 0.4) is 0 Å². The SMILES string of the molecule is COc1ccc(CNC(=O)c2c(C)ccn(CCC(C)C)c2=O)cn1. The normalized spacial score (nSPS) is 10.8. The van der Waals surface area contributed by atoms with E-state index in [4.69, 9.17) is 4.74 Å². The van der Waals surface area contributed by atoms with E-state index in [0.717, 1.165) is 12.0 Å². The minimum atomic E-state index is -0.364. The molecule has 0 unspecified atom stereocenters. The van der Waals surface area contributed by atoms with E-state index in [1.165, 1.54) is 0 Å². The predicted octanol–water partition coefficient (Wildman–Crippen LogP) is 2.54. The van der Waals surface area contributed by atoms with Gasteiger partial charge in [0.1, 0.15) is 5.56 Å².